The lowest BCUT2D eigenvalue weighted by Crippen LogP contribution is -2.34. The summed E-state index contributed by atoms with van der Waals surface area (Å²) in [5, 5.41) is 11.3. The van der Waals surface area contributed by atoms with E-state index < -0.39 is 0 Å². The van der Waals surface area contributed by atoms with E-state index in [1.54, 1.807) is 0 Å². The second-order valence-electron chi connectivity index (χ2n) is 5.84. The van der Waals surface area contributed by atoms with E-state index in [0.29, 0.717) is 11.9 Å². The van der Waals surface area contributed by atoms with Crippen molar-refractivity contribution in [2.24, 2.45) is 11.8 Å². The van der Waals surface area contributed by atoms with Crippen molar-refractivity contribution in [2.75, 3.05) is 5.32 Å². The first-order valence-electron chi connectivity index (χ1n) is 7.37. The Bertz CT molecular complexity index is 535. The molecule has 4 heteroatoms. The molecule has 3 rings (SSSR count). The van der Waals surface area contributed by atoms with Gasteiger partial charge in [0.2, 0.25) is 12.3 Å². The first-order chi connectivity index (χ1) is 9.74. The number of hydrogen-bond acceptors (Lipinski definition) is 4. The average molecular weight is 271 g/mol. The van der Waals surface area contributed by atoms with Crippen molar-refractivity contribution in [2.45, 2.75) is 39.2 Å². The van der Waals surface area contributed by atoms with Crippen molar-refractivity contribution in [3.63, 3.8) is 0 Å². The molecule has 3 unspecified atom stereocenters. The summed E-state index contributed by atoms with van der Waals surface area (Å²) in [5.74, 6) is 2.09. The van der Waals surface area contributed by atoms with E-state index in [9.17, 15) is 0 Å². The summed E-state index contributed by atoms with van der Waals surface area (Å²) >= 11 is 0. The average Bonchev–Trinajstić information content (AvgIpc) is 2.99. The van der Waals surface area contributed by atoms with Gasteiger partial charge in [-0.25, -0.2) is 0 Å². The Kier molecular flexibility index (Phi) is 3.72. The summed E-state index contributed by atoms with van der Waals surface area (Å²) in [4.78, 5) is 0. The fraction of sp³-hybridized carbons (Fsp3) is 0.500. The van der Waals surface area contributed by atoms with Crippen molar-refractivity contribution in [1.82, 2.24) is 10.2 Å². The molecule has 106 valence electrons. The third-order valence-corrected chi connectivity index (χ3v) is 4.55. The molecule has 1 aromatic carbocycles. The molecule has 3 atom stereocenters. The van der Waals surface area contributed by atoms with E-state index in [2.05, 4.69) is 41.5 Å². The maximum Gasteiger partial charge on any atom is 0.247 e. The Hall–Kier alpha value is -1.84. The highest BCUT2D eigenvalue weighted by Crippen LogP contribution is 2.31. The highest BCUT2D eigenvalue weighted by Gasteiger charge is 2.26. The number of anilines is 1. The molecule has 1 fully saturated rings. The number of rotatable bonds is 3. The first kappa shape index (κ1) is 13.2. The second-order valence-corrected chi connectivity index (χ2v) is 5.84. The van der Waals surface area contributed by atoms with Crippen LogP contribution >= 0.6 is 0 Å². The van der Waals surface area contributed by atoms with Crippen LogP contribution in [0.2, 0.25) is 0 Å². The van der Waals surface area contributed by atoms with E-state index in [1.165, 1.54) is 31.3 Å². The zero-order valence-corrected chi connectivity index (χ0v) is 12.0. The maximum atomic E-state index is 5.20. The molecule has 1 saturated carbocycles. The van der Waals surface area contributed by atoms with E-state index in [4.69, 9.17) is 4.42 Å². The number of nitrogens with zero attached hydrogens (tertiary/aromatic N) is 2. The zero-order chi connectivity index (χ0) is 13.9. The molecule has 0 aliphatic heterocycles. The summed E-state index contributed by atoms with van der Waals surface area (Å²) in [7, 11) is 0. The predicted octanol–water partition coefficient (Wildman–Crippen LogP) is 3.97. The third kappa shape index (κ3) is 2.69. The quantitative estimate of drug-likeness (QED) is 0.917. The van der Waals surface area contributed by atoms with Gasteiger partial charge in [-0.3, -0.25) is 0 Å². The van der Waals surface area contributed by atoms with Gasteiger partial charge in [0.25, 0.3) is 0 Å². The molecule has 1 aliphatic carbocycles. The van der Waals surface area contributed by atoms with E-state index in [0.717, 1.165) is 17.4 Å². The van der Waals surface area contributed by atoms with Gasteiger partial charge < -0.3 is 9.73 Å². The Labute approximate surface area is 119 Å². The predicted molar refractivity (Wildman–Crippen MR) is 79.3 cm³/mol. The van der Waals surface area contributed by atoms with Crippen LogP contribution in [-0.2, 0) is 0 Å². The van der Waals surface area contributed by atoms with Crippen molar-refractivity contribution in [1.29, 1.82) is 0 Å². The lowest BCUT2D eigenvalue weighted by atomic mass is 9.78. The first-order valence-corrected chi connectivity index (χ1v) is 7.37. The molecule has 1 aliphatic rings. The lowest BCUT2D eigenvalue weighted by molar-refractivity contribution is 0.253. The molecule has 0 bridgehead atoms. The van der Waals surface area contributed by atoms with E-state index in [-0.39, 0.29) is 0 Å². The minimum atomic E-state index is 0.566. The van der Waals surface area contributed by atoms with Crippen LogP contribution in [0, 0.1) is 11.8 Å². The Morgan fingerprint density at radius 1 is 1.15 bits per heavy atom. The molecular formula is C16H21N3O. The van der Waals surface area contributed by atoms with Crippen LogP contribution in [0.15, 0.2) is 35.1 Å². The summed E-state index contributed by atoms with van der Waals surface area (Å²) in [6, 6.07) is 8.80. The van der Waals surface area contributed by atoms with Crippen molar-refractivity contribution in [3.05, 3.63) is 30.7 Å². The van der Waals surface area contributed by atoms with Gasteiger partial charge in [0.1, 0.15) is 0 Å². The van der Waals surface area contributed by atoms with Crippen molar-refractivity contribution < 1.29 is 4.42 Å². The maximum absolute atomic E-state index is 5.20. The number of benzene rings is 1. The molecule has 0 amide bonds. The topological polar surface area (TPSA) is 51.0 Å². The minimum absolute atomic E-state index is 0.566. The van der Waals surface area contributed by atoms with Crippen molar-refractivity contribution in [3.8, 4) is 11.5 Å². The van der Waals surface area contributed by atoms with Crippen LogP contribution in [0.4, 0.5) is 5.69 Å². The minimum Gasteiger partial charge on any atom is -0.423 e. The van der Waals surface area contributed by atoms with E-state index >= 15 is 0 Å². The van der Waals surface area contributed by atoms with Crippen LogP contribution in [0.1, 0.15) is 33.1 Å². The van der Waals surface area contributed by atoms with Gasteiger partial charge in [-0.05, 0) is 42.5 Å². The van der Waals surface area contributed by atoms with Crippen LogP contribution in [-0.4, -0.2) is 16.2 Å². The number of hydrogen-bond donors (Lipinski definition) is 1. The molecule has 1 N–H and O–H groups in total. The fourth-order valence-electron chi connectivity index (χ4n) is 3.01. The highest BCUT2D eigenvalue weighted by atomic mass is 16.4. The Balaban J connectivity index is 1.69. The highest BCUT2D eigenvalue weighted by molar-refractivity contribution is 5.58. The van der Waals surface area contributed by atoms with Gasteiger partial charge in [-0.1, -0.05) is 26.7 Å². The van der Waals surface area contributed by atoms with Crippen LogP contribution in [0.5, 0.6) is 0 Å². The second kappa shape index (κ2) is 5.65. The molecule has 0 saturated heterocycles. The molecule has 1 aromatic heterocycles. The van der Waals surface area contributed by atoms with Gasteiger partial charge in [0.15, 0.2) is 0 Å². The Morgan fingerprint density at radius 3 is 2.65 bits per heavy atom. The van der Waals surface area contributed by atoms with Gasteiger partial charge >= 0.3 is 0 Å². The van der Waals surface area contributed by atoms with Crippen molar-refractivity contribution >= 4 is 5.69 Å². The monoisotopic (exact) mass is 271 g/mol. The summed E-state index contributed by atoms with van der Waals surface area (Å²) in [6.45, 7) is 4.71. The molecule has 0 spiro atoms. The summed E-state index contributed by atoms with van der Waals surface area (Å²) < 4.78 is 5.20. The van der Waals surface area contributed by atoms with Crippen LogP contribution in [0.3, 0.4) is 0 Å². The molecule has 1 heterocycles. The van der Waals surface area contributed by atoms with Crippen LogP contribution < -0.4 is 5.32 Å². The summed E-state index contributed by atoms with van der Waals surface area (Å²) in [5.41, 5.74) is 2.12. The molecule has 20 heavy (non-hydrogen) atoms. The molecule has 0 radical (unpaired) electrons. The fourth-order valence-corrected chi connectivity index (χ4v) is 3.01. The molecule has 2 aromatic rings. The third-order valence-electron chi connectivity index (χ3n) is 4.55. The van der Waals surface area contributed by atoms with Gasteiger partial charge in [0, 0.05) is 17.3 Å². The summed E-state index contributed by atoms with van der Waals surface area (Å²) in [6.07, 6.45) is 5.29. The van der Waals surface area contributed by atoms with Gasteiger partial charge in [0.05, 0.1) is 0 Å². The number of aromatic nitrogens is 2. The van der Waals surface area contributed by atoms with E-state index in [1.807, 2.05) is 12.1 Å². The Morgan fingerprint density at radius 2 is 1.95 bits per heavy atom. The normalized spacial score (nSPS) is 26.4. The zero-order valence-electron chi connectivity index (χ0n) is 12.0. The molecular weight excluding hydrogens is 250 g/mol. The smallest absolute Gasteiger partial charge is 0.247 e. The molecule has 4 nitrogen and oxygen atoms in total. The standard InChI is InChI=1S/C16H21N3O/c1-11-4-3-5-15(12(11)2)18-14-8-6-13(7-9-14)16-19-17-10-20-16/h6-12,15,18H,3-5H2,1-2H3. The largest absolute Gasteiger partial charge is 0.423 e. The van der Waals surface area contributed by atoms with Gasteiger partial charge in [-0.15, -0.1) is 10.2 Å². The van der Waals surface area contributed by atoms with Gasteiger partial charge in [-0.2, -0.15) is 0 Å². The number of nitrogens with one attached hydrogen (secondary N) is 1. The lowest BCUT2D eigenvalue weighted by Gasteiger charge is -2.35. The van der Waals surface area contributed by atoms with Crippen LogP contribution in [0.25, 0.3) is 11.5 Å². The SMILES string of the molecule is CC1CCCC(Nc2ccc(-c3nnco3)cc2)C1C.